The molecule has 0 aliphatic rings. The first-order chi connectivity index (χ1) is 9.15. The van der Waals surface area contributed by atoms with Crippen LogP contribution in [0.2, 0.25) is 0 Å². The van der Waals surface area contributed by atoms with E-state index >= 15 is 0 Å². The first-order valence-electron chi connectivity index (χ1n) is 5.40. The predicted molar refractivity (Wildman–Crippen MR) is 78.3 cm³/mol. The maximum Gasteiger partial charge on any atom is 0.350 e. The topological polar surface area (TPSA) is 78.7 Å². The van der Waals surface area contributed by atoms with Crippen molar-refractivity contribution in [1.82, 2.24) is 19.3 Å². The molecule has 0 fully saturated rings. The van der Waals surface area contributed by atoms with Crippen molar-refractivity contribution in [3.63, 3.8) is 0 Å². The lowest BCUT2D eigenvalue weighted by atomic mass is 10.3. The Morgan fingerprint density at radius 1 is 1.50 bits per heavy atom. The van der Waals surface area contributed by atoms with Crippen LogP contribution in [0.1, 0.15) is 7.43 Å². The lowest BCUT2D eigenvalue weighted by Gasteiger charge is -2.01. The largest absolute Gasteiger partial charge is 0.350 e. The summed E-state index contributed by atoms with van der Waals surface area (Å²) in [5, 5.41) is 3.91. The molecule has 0 bridgehead atoms. The second kappa shape index (κ2) is 7.11. The predicted octanol–water partition coefficient (Wildman–Crippen LogP) is 1.64. The molecule has 0 unspecified atom stereocenters. The molecule has 2 N–H and O–H groups in total. The van der Waals surface area contributed by atoms with Crippen LogP contribution in [-0.4, -0.2) is 25.9 Å². The number of pyridine rings is 1. The van der Waals surface area contributed by atoms with Crippen molar-refractivity contribution in [2.75, 3.05) is 6.54 Å². The van der Waals surface area contributed by atoms with E-state index in [-0.39, 0.29) is 26.2 Å². The van der Waals surface area contributed by atoms with Gasteiger partial charge in [-0.15, -0.1) is 0 Å². The number of rotatable bonds is 4. The van der Waals surface area contributed by atoms with Crippen LogP contribution in [0.4, 0.5) is 4.39 Å². The normalized spacial score (nSPS) is 11.2. The zero-order valence-electron chi connectivity index (χ0n) is 9.83. The smallest absolute Gasteiger partial charge is 0.327 e. The fourth-order valence-corrected chi connectivity index (χ4v) is 1.70. The Bertz CT molecular complexity index is 647. The SMILES string of the molecule is C.NC/C(=C/F)Cn1ncn(-c2ccc(Br)nc2)c1=O. The highest BCUT2D eigenvalue weighted by atomic mass is 79.9. The van der Waals surface area contributed by atoms with Gasteiger partial charge in [-0.25, -0.2) is 23.4 Å². The number of aromatic nitrogens is 4. The van der Waals surface area contributed by atoms with Gasteiger partial charge < -0.3 is 5.73 Å². The Balaban J connectivity index is 0.00000200. The van der Waals surface area contributed by atoms with Crippen molar-refractivity contribution in [2.45, 2.75) is 14.0 Å². The maximum absolute atomic E-state index is 12.4. The van der Waals surface area contributed by atoms with Crippen LogP contribution in [0.25, 0.3) is 5.69 Å². The van der Waals surface area contributed by atoms with E-state index in [0.29, 0.717) is 22.2 Å². The molecule has 0 aliphatic heterocycles. The first-order valence-corrected chi connectivity index (χ1v) is 6.19. The zero-order chi connectivity index (χ0) is 13.8. The second-order valence-electron chi connectivity index (χ2n) is 3.75. The van der Waals surface area contributed by atoms with Gasteiger partial charge in [0.25, 0.3) is 0 Å². The van der Waals surface area contributed by atoms with E-state index in [4.69, 9.17) is 5.73 Å². The van der Waals surface area contributed by atoms with Gasteiger partial charge in [0.1, 0.15) is 10.9 Å². The molecule has 0 aromatic carbocycles. The molecule has 0 aliphatic carbocycles. The number of nitrogens with zero attached hydrogens (tertiary/aromatic N) is 4. The van der Waals surface area contributed by atoms with E-state index in [0.717, 1.165) is 4.68 Å². The summed E-state index contributed by atoms with van der Waals surface area (Å²) in [6, 6.07) is 3.44. The van der Waals surface area contributed by atoms with Crippen molar-refractivity contribution in [3.8, 4) is 5.69 Å². The van der Waals surface area contributed by atoms with Crippen molar-refractivity contribution in [3.05, 3.63) is 51.6 Å². The van der Waals surface area contributed by atoms with Crippen molar-refractivity contribution < 1.29 is 4.39 Å². The van der Waals surface area contributed by atoms with Crippen LogP contribution in [-0.2, 0) is 6.54 Å². The van der Waals surface area contributed by atoms with E-state index < -0.39 is 0 Å². The molecular formula is C12H15BrFN5O. The molecule has 2 aromatic heterocycles. The Kier molecular flexibility index (Phi) is 5.78. The summed E-state index contributed by atoms with van der Waals surface area (Å²) in [6.45, 7) is 0.0679. The number of hydrogen-bond acceptors (Lipinski definition) is 4. The van der Waals surface area contributed by atoms with Gasteiger partial charge >= 0.3 is 5.69 Å². The van der Waals surface area contributed by atoms with E-state index in [9.17, 15) is 9.18 Å². The zero-order valence-corrected chi connectivity index (χ0v) is 11.4. The van der Waals surface area contributed by atoms with E-state index in [1.165, 1.54) is 17.1 Å². The van der Waals surface area contributed by atoms with Crippen molar-refractivity contribution in [1.29, 1.82) is 0 Å². The molecule has 6 nitrogen and oxygen atoms in total. The van der Waals surface area contributed by atoms with Crippen LogP contribution < -0.4 is 11.4 Å². The Hall–Kier alpha value is -1.80. The Morgan fingerprint density at radius 2 is 2.25 bits per heavy atom. The molecule has 2 heterocycles. The highest BCUT2D eigenvalue weighted by Crippen LogP contribution is 2.08. The Morgan fingerprint density at radius 3 is 2.80 bits per heavy atom. The molecular weight excluding hydrogens is 329 g/mol. The second-order valence-corrected chi connectivity index (χ2v) is 4.56. The van der Waals surface area contributed by atoms with Crippen molar-refractivity contribution >= 4 is 15.9 Å². The van der Waals surface area contributed by atoms with Crippen molar-refractivity contribution in [2.24, 2.45) is 5.73 Å². The highest BCUT2D eigenvalue weighted by molar-refractivity contribution is 9.10. The first kappa shape index (κ1) is 16.3. The van der Waals surface area contributed by atoms with Crippen LogP contribution in [0, 0.1) is 0 Å². The number of nitrogens with two attached hydrogens (primary N) is 1. The van der Waals surface area contributed by atoms with E-state index in [1.54, 1.807) is 12.1 Å². The molecule has 8 heteroatoms. The van der Waals surface area contributed by atoms with Gasteiger partial charge in [-0.05, 0) is 33.6 Å². The van der Waals surface area contributed by atoms with Crippen LogP contribution in [0.5, 0.6) is 0 Å². The van der Waals surface area contributed by atoms with Gasteiger partial charge in [0.2, 0.25) is 0 Å². The monoisotopic (exact) mass is 343 g/mol. The summed E-state index contributed by atoms with van der Waals surface area (Å²) >= 11 is 3.21. The molecule has 0 spiro atoms. The highest BCUT2D eigenvalue weighted by Gasteiger charge is 2.08. The van der Waals surface area contributed by atoms with Crippen LogP contribution in [0.15, 0.2) is 46.0 Å². The molecule has 108 valence electrons. The minimum Gasteiger partial charge on any atom is -0.327 e. The summed E-state index contributed by atoms with van der Waals surface area (Å²) in [7, 11) is 0. The summed E-state index contributed by atoms with van der Waals surface area (Å²) in [6.07, 6.45) is 3.29. The maximum atomic E-state index is 12.4. The lowest BCUT2D eigenvalue weighted by Crippen LogP contribution is -2.26. The van der Waals surface area contributed by atoms with E-state index in [1.807, 2.05) is 0 Å². The minimum atomic E-state index is -0.378. The number of hydrogen-bond donors (Lipinski definition) is 1. The summed E-state index contributed by atoms with van der Waals surface area (Å²) in [4.78, 5) is 16.1. The van der Waals surface area contributed by atoms with Gasteiger partial charge in [-0.2, -0.15) is 5.10 Å². The van der Waals surface area contributed by atoms with Crippen LogP contribution >= 0.6 is 15.9 Å². The molecule has 0 amide bonds. The van der Waals surface area contributed by atoms with Gasteiger partial charge in [0, 0.05) is 6.54 Å². The molecule has 2 rings (SSSR count). The summed E-state index contributed by atoms with van der Waals surface area (Å²) in [5.41, 5.74) is 5.84. The third-order valence-electron chi connectivity index (χ3n) is 2.49. The van der Waals surface area contributed by atoms with Gasteiger partial charge in [-0.3, -0.25) is 0 Å². The summed E-state index contributed by atoms with van der Waals surface area (Å²) < 4.78 is 15.6. The van der Waals surface area contributed by atoms with Crippen LogP contribution in [0.3, 0.4) is 0 Å². The Labute approximate surface area is 123 Å². The standard InChI is InChI=1S/C11H11BrFN5O.CH4/c12-10-2-1-9(5-15-10)17-7-16-18(11(17)19)6-8(3-13)4-14;/h1-3,5,7H,4,6,14H2;1H4/b8-3-;. The molecule has 0 saturated heterocycles. The third-order valence-corrected chi connectivity index (χ3v) is 2.96. The molecule has 20 heavy (non-hydrogen) atoms. The minimum absolute atomic E-state index is 0. The average molecular weight is 344 g/mol. The molecule has 2 aromatic rings. The van der Waals surface area contributed by atoms with Gasteiger partial charge in [0.15, 0.2) is 0 Å². The molecule has 0 saturated carbocycles. The van der Waals surface area contributed by atoms with Gasteiger partial charge in [-0.1, -0.05) is 7.43 Å². The third kappa shape index (κ3) is 3.40. The average Bonchev–Trinajstić information content (AvgIpc) is 2.78. The fraction of sp³-hybridized carbons (Fsp3) is 0.250. The van der Waals surface area contributed by atoms with Gasteiger partial charge in [0.05, 0.1) is 24.8 Å². The molecule has 0 radical (unpaired) electrons. The fourth-order valence-electron chi connectivity index (χ4n) is 1.47. The quantitative estimate of drug-likeness (QED) is 0.856. The number of halogens is 2. The lowest BCUT2D eigenvalue weighted by molar-refractivity contribution is 0.612. The molecule has 0 atom stereocenters. The summed E-state index contributed by atoms with van der Waals surface area (Å²) in [5.74, 6) is 0. The van der Waals surface area contributed by atoms with E-state index in [2.05, 4.69) is 26.0 Å².